The number of aryl methyl sites for hydroxylation is 1. The van der Waals surface area contributed by atoms with Crippen molar-refractivity contribution >= 4 is 82.4 Å². The van der Waals surface area contributed by atoms with Crippen molar-refractivity contribution in [3.63, 3.8) is 0 Å². The molecule has 276 valence electrons. The Morgan fingerprint density at radius 2 is 1.00 bits per heavy atom. The summed E-state index contributed by atoms with van der Waals surface area (Å²) in [5.41, 5.74) is 16.4. The Balaban J connectivity index is 0.995. The molecule has 0 saturated carbocycles. The highest BCUT2D eigenvalue weighted by Gasteiger charge is 2.26. The summed E-state index contributed by atoms with van der Waals surface area (Å²) >= 11 is 0. The molecule has 2 heterocycles. The molecule has 0 unspecified atom stereocenters. The predicted octanol–water partition coefficient (Wildman–Crippen LogP) is 15.7. The third-order valence-electron chi connectivity index (χ3n) is 12.4. The first-order valence-corrected chi connectivity index (χ1v) is 20.2. The van der Waals surface area contributed by atoms with Crippen LogP contribution in [0, 0.1) is 6.92 Å². The smallest absolute Gasteiger partial charge is 0.159 e. The number of furan rings is 1. The van der Waals surface area contributed by atoms with Gasteiger partial charge in [0.2, 0.25) is 0 Å². The van der Waals surface area contributed by atoms with E-state index in [4.69, 9.17) is 4.42 Å². The minimum absolute atomic E-state index is 0.0524. The lowest BCUT2D eigenvalue weighted by atomic mass is 9.78. The molecule has 2 aromatic heterocycles. The molecule has 1 aliphatic rings. The number of rotatable bonds is 4. The molecule has 9 aromatic carbocycles. The first kappa shape index (κ1) is 33.1. The molecule has 0 spiro atoms. The van der Waals surface area contributed by atoms with Crippen molar-refractivity contribution in [2.24, 2.45) is 0 Å². The van der Waals surface area contributed by atoms with Gasteiger partial charge in [0.1, 0.15) is 5.58 Å². The van der Waals surface area contributed by atoms with Crippen LogP contribution in [-0.4, -0.2) is 4.57 Å². The number of hydrogen-bond donors (Lipinski definition) is 0. The van der Waals surface area contributed by atoms with Crippen LogP contribution in [0.4, 0.5) is 17.1 Å². The fourth-order valence-corrected chi connectivity index (χ4v) is 9.64. The maximum atomic E-state index is 6.93. The third kappa shape index (κ3) is 4.80. The van der Waals surface area contributed by atoms with Crippen molar-refractivity contribution < 1.29 is 4.42 Å². The molecular formula is C55H40N2O. The van der Waals surface area contributed by atoms with E-state index in [9.17, 15) is 0 Å². The number of benzene rings is 9. The summed E-state index contributed by atoms with van der Waals surface area (Å²) in [6.07, 6.45) is 0. The van der Waals surface area contributed by atoms with E-state index in [0.717, 1.165) is 39.0 Å². The van der Waals surface area contributed by atoms with Gasteiger partial charge in [-0.15, -0.1) is 0 Å². The Morgan fingerprint density at radius 1 is 0.448 bits per heavy atom. The molecule has 12 rings (SSSR count). The van der Waals surface area contributed by atoms with E-state index in [1.807, 2.05) is 0 Å². The van der Waals surface area contributed by atoms with Crippen molar-refractivity contribution in [2.45, 2.75) is 33.1 Å². The van der Waals surface area contributed by atoms with Gasteiger partial charge in [-0.3, -0.25) is 0 Å². The third-order valence-corrected chi connectivity index (χ3v) is 12.4. The fourth-order valence-electron chi connectivity index (χ4n) is 9.64. The van der Waals surface area contributed by atoms with Crippen molar-refractivity contribution in [2.75, 3.05) is 4.90 Å². The molecule has 0 bridgehead atoms. The molecule has 3 heteroatoms. The second kappa shape index (κ2) is 12.0. The number of nitrogens with zero attached hydrogens (tertiary/aromatic N) is 2. The Hall–Kier alpha value is -7.10. The molecule has 0 atom stereocenters. The first-order valence-electron chi connectivity index (χ1n) is 20.2. The van der Waals surface area contributed by atoms with Gasteiger partial charge in [-0.2, -0.15) is 0 Å². The van der Waals surface area contributed by atoms with Crippen LogP contribution in [0.15, 0.2) is 174 Å². The zero-order valence-electron chi connectivity index (χ0n) is 33.0. The Bertz CT molecular complexity index is 3470. The average Bonchev–Trinajstić information content (AvgIpc) is 3.79. The minimum atomic E-state index is -0.0524. The molecule has 0 radical (unpaired) electrons. The van der Waals surface area contributed by atoms with E-state index in [0.29, 0.717) is 0 Å². The van der Waals surface area contributed by atoms with Crippen LogP contribution in [0.2, 0.25) is 0 Å². The maximum Gasteiger partial charge on any atom is 0.159 e. The highest BCUT2D eigenvalue weighted by Crippen LogP contribution is 2.51. The van der Waals surface area contributed by atoms with Crippen molar-refractivity contribution in [1.29, 1.82) is 0 Å². The zero-order chi connectivity index (χ0) is 38.9. The van der Waals surface area contributed by atoms with Crippen LogP contribution in [0.1, 0.15) is 31.9 Å². The van der Waals surface area contributed by atoms with Gasteiger partial charge < -0.3 is 13.9 Å². The molecule has 0 aliphatic heterocycles. The fraction of sp³-hybridized carbons (Fsp3) is 0.0909. The predicted molar refractivity (Wildman–Crippen MR) is 246 cm³/mol. The first-order chi connectivity index (χ1) is 28.3. The van der Waals surface area contributed by atoms with E-state index < -0.39 is 0 Å². The van der Waals surface area contributed by atoms with Crippen LogP contribution in [-0.2, 0) is 5.41 Å². The summed E-state index contributed by atoms with van der Waals surface area (Å²) < 4.78 is 9.34. The van der Waals surface area contributed by atoms with Crippen LogP contribution >= 0.6 is 0 Å². The Labute approximate surface area is 337 Å². The monoisotopic (exact) mass is 744 g/mol. The van der Waals surface area contributed by atoms with Crippen molar-refractivity contribution in [3.05, 3.63) is 181 Å². The molecule has 0 fully saturated rings. The quantitative estimate of drug-likeness (QED) is 0.179. The Kier molecular flexibility index (Phi) is 6.82. The number of anilines is 3. The maximum absolute atomic E-state index is 6.93. The van der Waals surface area contributed by atoms with Crippen LogP contribution in [0.3, 0.4) is 0 Å². The number of aromatic nitrogens is 1. The molecule has 0 saturated heterocycles. The largest absolute Gasteiger partial charge is 0.454 e. The second-order valence-corrected chi connectivity index (χ2v) is 17.1. The summed E-state index contributed by atoms with van der Waals surface area (Å²) in [7, 11) is 0. The topological polar surface area (TPSA) is 21.3 Å². The van der Waals surface area contributed by atoms with Gasteiger partial charge in [0.05, 0.1) is 16.7 Å². The van der Waals surface area contributed by atoms with Gasteiger partial charge in [0.15, 0.2) is 5.58 Å². The number of para-hydroxylation sites is 4. The van der Waals surface area contributed by atoms with E-state index in [1.165, 1.54) is 82.4 Å². The van der Waals surface area contributed by atoms with E-state index in [2.05, 4.69) is 207 Å². The van der Waals surface area contributed by atoms with E-state index >= 15 is 0 Å². The average molecular weight is 745 g/mol. The number of hydrogen-bond acceptors (Lipinski definition) is 2. The second-order valence-electron chi connectivity index (χ2n) is 17.1. The lowest BCUT2D eigenvalue weighted by Gasteiger charge is -2.28. The highest BCUT2D eigenvalue weighted by atomic mass is 16.3. The van der Waals surface area contributed by atoms with Crippen molar-refractivity contribution in [3.8, 4) is 27.9 Å². The van der Waals surface area contributed by atoms with Gasteiger partial charge in [-0.05, 0) is 141 Å². The Morgan fingerprint density at radius 3 is 1.67 bits per heavy atom. The van der Waals surface area contributed by atoms with Gasteiger partial charge in [-0.25, -0.2) is 0 Å². The SMILES string of the molecule is Cc1cccc(N(c2ccc3cc4c(cc3c2)-c2cc3cc(-n5c6ccccc6c6ccccc65)ccc3cc2-4)c2cccc3c2oc2c(C(C)(C)C)cccc23)c1. The molecule has 11 aromatic rings. The van der Waals surface area contributed by atoms with Gasteiger partial charge in [0.25, 0.3) is 0 Å². The van der Waals surface area contributed by atoms with Crippen molar-refractivity contribution in [1.82, 2.24) is 4.57 Å². The summed E-state index contributed by atoms with van der Waals surface area (Å²) in [5, 5.41) is 9.79. The summed E-state index contributed by atoms with van der Waals surface area (Å²) in [6, 6.07) is 62.7. The highest BCUT2D eigenvalue weighted by molar-refractivity contribution is 6.14. The summed E-state index contributed by atoms with van der Waals surface area (Å²) in [5.74, 6) is 0. The molecule has 3 nitrogen and oxygen atoms in total. The minimum Gasteiger partial charge on any atom is -0.454 e. The van der Waals surface area contributed by atoms with E-state index in [1.54, 1.807) is 0 Å². The summed E-state index contributed by atoms with van der Waals surface area (Å²) in [6.45, 7) is 8.92. The van der Waals surface area contributed by atoms with Gasteiger partial charge >= 0.3 is 0 Å². The standard InChI is InChI=1S/C55H40N2O/c1-33-12-9-13-38(26-33)56(52-21-11-17-44-43-16-10-18-49(55(2,3)4)53(43)58-54(44)52)39-24-22-34-29-45-46-30-35-23-25-40(28-37(35)32-48(46)47(45)31-36(34)27-39)57-50-19-7-5-14-41(50)42-15-6-8-20-51(42)57/h5-32H,1-4H3. The molecule has 0 N–H and O–H groups in total. The molecular weight excluding hydrogens is 705 g/mol. The molecule has 1 aliphatic carbocycles. The number of fused-ring (bicyclic) bond motifs is 12. The van der Waals surface area contributed by atoms with Crippen LogP contribution in [0.25, 0.3) is 93.2 Å². The van der Waals surface area contributed by atoms with Crippen LogP contribution < -0.4 is 4.90 Å². The van der Waals surface area contributed by atoms with Gasteiger partial charge in [0, 0.05) is 44.2 Å². The zero-order valence-corrected chi connectivity index (χ0v) is 33.0. The normalized spacial score (nSPS) is 12.5. The van der Waals surface area contributed by atoms with E-state index in [-0.39, 0.29) is 5.41 Å². The molecule has 58 heavy (non-hydrogen) atoms. The molecule has 0 amide bonds. The van der Waals surface area contributed by atoms with Gasteiger partial charge in [-0.1, -0.05) is 112 Å². The lowest BCUT2D eigenvalue weighted by Crippen LogP contribution is -2.11. The van der Waals surface area contributed by atoms with Crippen LogP contribution in [0.5, 0.6) is 0 Å². The summed E-state index contributed by atoms with van der Waals surface area (Å²) in [4.78, 5) is 2.37. The lowest BCUT2D eigenvalue weighted by molar-refractivity contribution is 0.573.